The molecule has 9 heteroatoms. The Morgan fingerprint density at radius 3 is 2.73 bits per heavy atom. The number of nitrogens with zero attached hydrogens (tertiary/aromatic N) is 3. The van der Waals surface area contributed by atoms with Gasteiger partial charge in [0.15, 0.2) is 5.76 Å². The zero-order valence-corrected chi connectivity index (χ0v) is 12.2. The van der Waals surface area contributed by atoms with Gasteiger partial charge in [0.25, 0.3) is 0 Å². The Hall–Kier alpha value is -2.42. The van der Waals surface area contributed by atoms with Crippen LogP contribution < -0.4 is 11.2 Å². The van der Waals surface area contributed by atoms with E-state index >= 15 is 0 Å². The van der Waals surface area contributed by atoms with E-state index in [-0.39, 0.29) is 11.6 Å². The fourth-order valence-corrected chi connectivity index (χ4v) is 2.38. The first-order valence-electron chi connectivity index (χ1n) is 7.15. The molecule has 2 heterocycles. The number of likely N-dealkylation sites (tertiary alicyclic amines) is 1. The monoisotopic (exact) mass is 309 g/mol. The van der Waals surface area contributed by atoms with Crippen LogP contribution in [-0.4, -0.2) is 41.2 Å². The van der Waals surface area contributed by atoms with Gasteiger partial charge < -0.3 is 15.1 Å². The van der Waals surface area contributed by atoms with Crippen LogP contribution in [-0.2, 0) is 0 Å². The summed E-state index contributed by atoms with van der Waals surface area (Å²) in [6.07, 6.45) is 4.08. The largest absolute Gasteiger partial charge is 0.433 e. The molecule has 1 saturated heterocycles. The average Bonchev–Trinajstić information content (AvgIpc) is 2.98. The summed E-state index contributed by atoms with van der Waals surface area (Å²) >= 11 is 0. The van der Waals surface area contributed by atoms with Gasteiger partial charge in [-0.1, -0.05) is 6.42 Å². The van der Waals surface area contributed by atoms with Crippen molar-refractivity contribution in [2.24, 2.45) is 10.8 Å². The molecule has 0 spiro atoms. The number of primary amides is 1. The average molecular weight is 309 g/mol. The topological polar surface area (TPSA) is 127 Å². The Bertz CT molecular complexity index is 563. The number of piperidine rings is 1. The quantitative estimate of drug-likeness (QED) is 0.467. The van der Waals surface area contributed by atoms with Gasteiger partial charge in [-0.2, -0.15) is 5.10 Å². The van der Waals surface area contributed by atoms with Crippen LogP contribution in [0.3, 0.4) is 0 Å². The van der Waals surface area contributed by atoms with Crippen LogP contribution in [0.5, 0.6) is 0 Å². The zero-order valence-electron chi connectivity index (χ0n) is 12.2. The molecule has 1 aliphatic rings. The SMILES string of the molecule is NC(=O)N/N=C(\CCN1CCCCC1)c1ccc([N+](=O)[O-])o1. The molecule has 0 saturated carbocycles. The van der Waals surface area contributed by atoms with Crippen molar-refractivity contribution in [1.82, 2.24) is 10.3 Å². The summed E-state index contributed by atoms with van der Waals surface area (Å²) in [4.78, 5) is 23.2. The van der Waals surface area contributed by atoms with Crippen LogP contribution in [0.1, 0.15) is 31.4 Å². The number of hydrazone groups is 1. The maximum absolute atomic E-state index is 10.8. The molecule has 0 aliphatic carbocycles. The van der Waals surface area contributed by atoms with Crippen molar-refractivity contribution in [1.29, 1.82) is 0 Å². The van der Waals surface area contributed by atoms with Crippen molar-refractivity contribution >= 4 is 17.6 Å². The predicted molar refractivity (Wildman–Crippen MR) is 79.5 cm³/mol. The van der Waals surface area contributed by atoms with E-state index in [9.17, 15) is 14.9 Å². The molecule has 9 nitrogen and oxygen atoms in total. The second kappa shape index (κ2) is 7.55. The molecule has 1 aromatic rings. The Morgan fingerprint density at radius 1 is 1.41 bits per heavy atom. The highest BCUT2D eigenvalue weighted by Crippen LogP contribution is 2.18. The molecule has 22 heavy (non-hydrogen) atoms. The normalized spacial score (nSPS) is 16.5. The van der Waals surface area contributed by atoms with Crippen molar-refractivity contribution < 1.29 is 14.1 Å². The van der Waals surface area contributed by atoms with E-state index < -0.39 is 11.0 Å². The molecule has 2 rings (SSSR count). The molecule has 0 bridgehead atoms. The first-order valence-corrected chi connectivity index (χ1v) is 7.15. The van der Waals surface area contributed by atoms with E-state index in [1.807, 2.05) is 0 Å². The van der Waals surface area contributed by atoms with E-state index in [1.165, 1.54) is 18.6 Å². The number of carbonyl (C=O) groups excluding carboxylic acids is 1. The Morgan fingerprint density at radius 2 is 2.14 bits per heavy atom. The van der Waals surface area contributed by atoms with Gasteiger partial charge in [0.05, 0.1) is 6.07 Å². The standard InChI is InChI=1S/C13H19N5O4/c14-13(19)16-15-10(6-9-17-7-2-1-3-8-17)11-4-5-12(22-11)18(20)21/h4-5H,1-3,6-9H2,(H3,14,16,19)/b15-10+. The number of rotatable bonds is 6. The lowest BCUT2D eigenvalue weighted by atomic mass is 10.1. The van der Waals surface area contributed by atoms with Gasteiger partial charge in [0, 0.05) is 13.0 Å². The lowest BCUT2D eigenvalue weighted by Gasteiger charge is -2.26. The van der Waals surface area contributed by atoms with Crippen LogP contribution >= 0.6 is 0 Å². The minimum atomic E-state index is -0.795. The molecule has 0 radical (unpaired) electrons. The lowest BCUT2D eigenvalue weighted by molar-refractivity contribution is -0.402. The number of furan rings is 1. The smallest absolute Gasteiger partial charge is 0.399 e. The van der Waals surface area contributed by atoms with Gasteiger partial charge in [0.2, 0.25) is 0 Å². The highest BCUT2D eigenvalue weighted by atomic mass is 16.6. The molecule has 3 N–H and O–H groups in total. The Labute approximate surface area is 127 Å². The number of hydrogen-bond donors (Lipinski definition) is 2. The highest BCUT2D eigenvalue weighted by Gasteiger charge is 2.18. The number of nitrogens with two attached hydrogens (primary N) is 1. The third-order valence-electron chi connectivity index (χ3n) is 3.47. The molecule has 2 amide bonds. The van der Waals surface area contributed by atoms with Crippen molar-refractivity contribution in [3.8, 4) is 0 Å². The molecule has 0 atom stereocenters. The minimum absolute atomic E-state index is 0.262. The number of amides is 2. The summed E-state index contributed by atoms with van der Waals surface area (Å²) < 4.78 is 5.14. The summed E-state index contributed by atoms with van der Waals surface area (Å²) in [5, 5.41) is 14.6. The number of carbonyl (C=O) groups is 1. The summed E-state index contributed by atoms with van der Waals surface area (Å²) in [7, 11) is 0. The Balaban J connectivity index is 2.05. The fourth-order valence-electron chi connectivity index (χ4n) is 2.38. The molecule has 0 unspecified atom stereocenters. The van der Waals surface area contributed by atoms with E-state index in [4.69, 9.17) is 10.2 Å². The second-order valence-electron chi connectivity index (χ2n) is 5.08. The maximum atomic E-state index is 10.8. The molecular weight excluding hydrogens is 290 g/mol. The minimum Gasteiger partial charge on any atom is -0.399 e. The maximum Gasteiger partial charge on any atom is 0.433 e. The van der Waals surface area contributed by atoms with E-state index in [2.05, 4.69) is 15.4 Å². The third-order valence-corrected chi connectivity index (χ3v) is 3.47. The number of urea groups is 1. The van der Waals surface area contributed by atoms with Crippen LogP contribution in [0.25, 0.3) is 0 Å². The lowest BCUT2D eigenvalue weighted by Crippen LogP contribution is -2.32. The van der Waals surface area contributed by atoms with Crippen LogP contribution in [0.2, 0.25) is 0 Å². The first-order chi connectivity index (χ1) is 10.6. The molecular formula is C13H19N5O4. The first kappa shape index (κ1) is 16.0. The fraction of sp³-hybridized carbons (Fsp3) is 0.538. The van der Waals surface area contributed by atoms with E-state index in [0.29, 0.717) is 12.1 Å². The summed E-state index contributed by atoms with van der Waals surface area (Å²) in [6, 6.07) is 1.93. The van der Waals surface area contributed by atoms with Crippen molar-refractivity contribution in [3.63, 3.8) is 0 Å². The second-order valence-corrected chi connectivity index (χ2v) is 5.08. The van der Waals surface area contributed by atoms with Gasteiger partial charge in [0.1, 0.15) is 10.6 Å². The molecule has 1 fully saturated rings. The van der Waals surface area contributed by atoms with Gasteiger partial charge in [-0.3, -0.25) is 10.1 Å². The predicted octanol–water partition coefficient (Wildman–Crippen LogP) is 1.44. The van der Waals surface area contributed by atoms with Gasteiger partial charge in [-0.15, -0.1) is 0 Å². The van der Waals surface area contributed by atoms with Crippen molar-refractivity contribution in [3.05, 3.63) is 28.0 Å². The highest BCUT2D eigenvalue weighted by molar-refractivity contribution is 5.99. The molecule has 120 valence electrons. The van der Waals surface area contributed by atoms with E-state index in [0.717, 1.165) is 32.5 Å². The van der Waals surface area contributed by atoms with Gasteiger partial charge in [-0.25, -0.2) is 10.2 Å². The molecule has 0 aromatic carbocycles. The van der Waals surface area contributed by atoms with Crippen LogP contribution in [0.15, 0.2) is 21.7 Å². The number of nitrogens with one attached hydrogen (secondary N) is 1. The molecule has 1 aliphatic heterocycles. The van der Waals surface area contributed by atoms with Crippen molar-refractivity contribution in [2.75, 3.05) is 19.6 Å². The van der Waals surface area contributed by atoms with E-state index in [1.54, 1.807) is 0 Å². The summed E-state index contributed by atoms with van der Waals surface area (Å²) in [5.41, 5.74) is 7.58. The third kappa shape index (κ3) is 4.55. The summed E-state index contributed by atoms with van der Waals surface area (Å²) in [6.45, 7) is 2.79. The number of hydrogen-bond acceptors (Lipinski definition) is 6. The Kier molecular flexibility index (Phi) is 5.48. The van der Waals surface area contributed by atoms with Gasteiger partial charge in [-0.05, 0) is 32.0 Å². The molecule has 1 aromatic heterocycles. The van der Waals surface area contributed by atoms with Crippen molar-refractivity contribution in [2.45, 2.75) is 25.7 Å². The number of nitro groups is 1. The van der Waals surface area contributed by atoms with Gasteiger partial charge >= 0.3 is 11.9 Å². The zero-order chi connectivity index (χ0) is 15.9. The van der Waals surface area contributed by atoms with Crippen LogP contribution in [0.4, 0.5) is 10.7 Å². The van der Waals surface area contributed by atoms with Crippen LogP contribution in [0, 0.1) is 10.1 Å². The summed E-state index contributed by atoms with van der Waals surface area (Å²) in [5.74, 6) is -0.0998.